The molecule has 0 aromatic rings. The fourth-order valence-corrected chi connectivity index (χ4v) is 2.71. The molecule has 11 nitrogen and oxygen atoms in total. The van der Waals surface area contributed by atoms with Gasteiger partial charge in [0, 0.05) is 31.2 Å². The second-order valence-electron chi connectivity index (χ2n) is 7.08. The van der Waals surface area contributed by atoms with E-state index in [0.29, 0.717) is 6.54 Å². The van der Waals surface area contributed by atoms with Crippen LogP contribution in [0, 0.1) is 0 Å². The van der Waals surface area contributed by atoms with Gasteiger partial charge in [-0.2, -0.15) is 0 Å². The number of nitrogens with one attached hydrogen (secondary N) is 4. The summed E-state index contributed by atoms with van der Waals surface area (Å²) in [5.74, 6) is -3.00. The highest BCUT2D eigenvalue weighted by Crippen LogP contribution is 2.11. The van der Waals surface area contributed by atoms with Gasteiger partial charge in [0.25, 0.3) is 11.8 Å². The van der Waals surface area contributed by atoms with Gasteiger partial charge in [0.05, 0.1) is 0 Å². The van der Waals surface area contributed by atoms with Crippen LogP contribution in [0.25, 0.3) is 0 Å². The standard InChI is InChI=1S/C19H29N5O6/c1-6-20-17(28)11(3)22-19(30)13(5)23-18(29)12(4)21-14(25)9-10(2)24-15(26)7-8-16(24)27/h7-8,10-13H,6,9H2,1-5H3,(H,20,28)(H,21,25)(H,22,30)(H,23,29). The maximum absolute atomic E-state index is 12.2. The number of likely N-dealkylation sites (N-methyl/N-ethyl adjacent to an activating group) is 1. The van der Waals surface area contributed by atoms with Crippen LogP contribution in [0.4, 0.5) is 0 Å². The van der Waals surface area contributed by atoms with Gasteiger partial charge in [0.2, 0.25) is 23.6 Å². The molecule has 4 N–H and O–H groups in total. The number of amides is 6. The lowest BCUT2D eigenvalue weighted by Crippen LogP contribution is -2.54. The Morgan fingerprint density at radius 2 is 1.23 bits per heavy atom. The van der Waals surface area contributed by atoms with Gasteiger partial charge in [-0.05, 0) is 34.6 Å². The lowest BCUT2D eigenvalue weighted by molar-refractivity contribution is -0.140. The highest BCUT2D eigenvalue weighted by molar-refractivity contribution is 6.13. The Morgan fingerprint density at radius 3 is 1.70 bits per heavy atom. The molecular formula is C19H29N5O6. The van der Waals surface area contributed by atoms with Gasteiger partial charge < -0.3 is 21.3 Å². The molecule has 0 aliphatic carbocycles. The molecule has 0 fully saturated rings. The second-order valence-corrected chi connectivity index (χ2v) is 7.08. The first-order chi connectivity index (χ1) is 14.0. The van der Waals surface area contributed by atoms with Crippen LogP contribution in [-0.4, -0.2) is 71.1 Å². The molecule has 166 valence electrons. The van der Waals surface area contributed by atoms with E-state index in [1.54, 1.807) is 13.8 Å². The zero-order valence-corrected chi connectivity index (χ0v) is 17.8. The molecule has 0 spiro atoms. The molecular weight excluding hydrogens is 394 g/mol. The summed E-state index contributed by atoms with van der Waals surface area (Å²) in [6.45, 7) is 8.14. The number of hydrogen-bond donors (Lipinski definition) is 4. The fraction of sp³-hybridized carbons (Fsp3) is 0.579. The summed E-state index contributed by atoms with van der Waals surface area (Å²) >= 11 is 0. The van der Waals surface area contributed by atoms with Gasteiger partial charge in [0.1, 0.15) is 18.1 Å². The minimum Gasteiger partial charge on any atom is -0.355 e. The summed E-state index contributed by atoms with van der Waals surface area (Å²) in [6.07, 6.45) is 2.09. The van der Waals surface area contributed by atoms with E-state index in [9.17, 15) is 28.8 Å². The topological polar surface area (TPSA) is 154 Å². The van der Waals surface area contributed by atoms with Gasteiger partial charge in [-0.15, -0.1) is 0 Å². The zero-order chi connectivity index (χ0) is 23.0. The predicted molar refractivity (Wildman–Crippen MR) is 107 cm³/mol. The fourth-order valence-electron chi connectivity index (χ4n) is 2.71. The first kappa shape index (κ1) is 24.8. The highest BCUT2D eigenvalue weighted by atomic mass is 16.2. The molecule has 1 rings (SSSR count). The van der Waals surface area contributed by atoms with E-state index >= 15 is 0 Å². The van der Waals surface area contributed by atoms with Gasteiger partial charge >= 0.3 is 0 Å². The van der Waals surface area contributed by atoms with E-state index < -0.39 is 53.7 Å². The van der Waals surface area contributed by atoms with E-state index in [1.165, 1.54) is 20.8 Å². The third-order valence-corrected chi connectivity index (χ3v) is 4.39. The second kappa shape index (κ2) is 11.1. The summed E-state index contributed by atoms with van der Waals surface area (Å²) in [4.78, 5) is 72.4. The summed E-state index contributed by atoms with van der Waals surface area (Å²) in [5, 5.41) is 9.98. The van der Waals surface area contributed by atoms with Gasteiger partial charge in [-0.1, -0.05) is 0 Å². The molecule has 0 saturated carbocycles. The third kappa shape index (κ3) is 6.98. The van der Waals surface area contributed by atoms with Crippen molar-refractivity contribution in [3.8, 4) is 0 Å². The van der Waals surface area contributed by atoms with E-state index in [1.807, 2.05) is 0 Å². The van der Waals surface area contributed by atoms with Crippen LogP contribution in [-0.2, 0) is 28.8 Å². The highest BCUT2D eigenvalue weighted by Gasteiger charge is 2.30. The van der Waals surface area contributed by atoms with Crippen LogP contribution >= 0.6 is 0 Å². The molecule has 0 radical (unpaired) electrons. The monoisotopic (exact) mass is 423 g/mol. The average Bonchev–Trinajstić information content (AvgIpc) is 2.99. The number of imide groups is 1. The molecule has 30 heavy (non-hydrogen) atoms. The molecule has 6 amide bonds. The number of carbonyl (C=O) groups excluding carboxylic acids is 6. The Balaban J connectivity index is 2.48. The number of carbonyl (C=O) groups is 6. The van der Waals surface area contributed by atoms with E-state index in [0.717, 1.165) is 17.1 Å². The quantitative estimate of drug-likeness (QED) is 0.309. The van der Waals surface area contributed by atoms with E-state index in [2.05, 4.69) is 21.3 Å². The molecule has 1 aliphatic heterocycles. The van der Waals surface area contributed by atoms with Crippen LogP contribution < -0.4 is 21.3 Å². The van der Waals surface area contributed by atoms with Crippen LogP contribution in [0.2, 0.25) is 0 Å². The minimum absolute atomic E-state index is 0.170. The summed E-state index contributed by atoms with van der Waals surface area (Å²) < 4.78 is 0. The molecule has 1 aliphatic rings. The van der Waals surface area contributed by atoms with E-state index in [4.69, 9.17) is 0 Å². The Labute approximate surface area is 175 Å². The lowest BCUT2D eigenvalue weighted by Gasteiger charge is -2.23. The van der Waals surface area contributed by atoms with Crippen LogP contribution in [0.3, 0.4) is 0 Å². The number of rotatable bonds is 10. The first-order valence-electron chi connectivity index (χ1n) is 9.70. The predicted octanol–water partition coefficient (Wildman–Crippen LogP) is -1.66. The Hall–Kier alpha value is -3.24. The molecule has 0 aromatic carbocycles. The average molecular weight is 423 g/mol. The lowest BCUT2D eigenvalue weighted by atomic mass is 10.1. The smallest absolute Gasteiger partial charge is 0.253 e. The largest absolute Gasteiger partial charge is 0.355 e. The molecule has 4 atom stereocenters. The first-order valence-corrected chi connectivity index (χ1v) is 9.70. The van der Waals surface area contributed by atoms with Crippen LogP contribution in [0.1, 0.15) is 41.0 Å². The molecule has 4 unspecified atom stereocenters. The zero-order valence-electron chi connectivity index (χ0n) is 17.8. The normalized spacial score (nSPS) is 17.0. The van der Waals surface area contributed by atoms with Crippen molar-refractivity contribution in [2.24, 2.45) is 0 Å². The molecule has 11 heteroatoms. The van der Waals surface area contributed by atoms with Crippen molar-refractivity contribution in [2.75, 3.05) is 6.54 Å². The number of nitrogens with zero attached hydrogens (tertiary/aromatic N) is 1. The Morgan fingerprint density at radius 1 is 0.800 bits per heavy atom. The van der Waals surface area contributed by atoms with Crippen molar-refractivity contribution in [3.05, 3.63) is 12.2 Å². The summed E-state index contributed by atoms with van der Waals surface area (Å²) in [5.41, 5.74) is 0. The van der Waals surface area contributed by atoms with Crippen molar-refractivity contribution in [1.82, 2.24) is 26.2 Å². The van der Waals surface area contributed by atoms with E-state index in [-0.39, 0.29) is 12.3 Å². The maximum Gasteiger partial charge on any atom is 0.253 e. The Bertz CT molecular complexity index is 732. The minimum atomic E-state index is -0.955. The van der Waals surface area contributed by atoms with Gasteiger partial charge in [-0.3, -0.25) is 33.7 Å². The molecule has 1 heterocycles. The van der Waals surface area contributed by atoms with Crippen molar-refractivity contribution >= 4 is 35.4 Å². The third-order valence-electron chi connectivity index (χ3n) is 4.39. The number of hydrogen-bond acceptors (Lipinski definition) is 6. The maximum atomic E-state index is 12.2. The van der Waals surface area contributed by atoms with Crippen LogP contribution in [0.15, 0.2) is 12.2 Å². The van der Waals surface area contributed by atoms with Crippen molar-refractivity contribution in [1.29, 1.82) is 0 Å². The van der Waals surface area contributed by atoms with Crippen molar-refractivity contribution < 1.29 is 28.8 Å². The summed E-state index contributed by atoms with van der Waals surface area (Å²) in [7, 11) is 0. The molecule has 0 bridgehead atoms. The van der Waals surface area contributed by atoms with Gasteiger partial charge in [0.15, 0.2) is 0 Å². The van der Waals surface area contributed by atoms with Crippen molar-refractivity contribution in [3.63, 3.8) is 0 Å². The van der Waals surface area contributed by atoms with Crippen LogP contribution in [0.5, 0.6) is 0 Å². The SMILES string of the molecule is CCNC(=O)C(C)NC(=O)C(C)NC(=O)C(C)NC(=O)CC(C)N1C(=O)C=CC1=O. The summed E-state index contributed by atoms with van der Waals surface area (Å²) in [6, 6.07) is -3.32. The van der Waals surface area contributed by atoms with Gasteiger partial charge in [-0.25, -0.2) is 0 Å². The molecule has 0 saturated heterocycles. The molecule has 0 aromatic heterocycles. The van der Waals surface area contributed by atoms with Crippen molar-refractivity contribution in [2.45, 2.75) is 65.2 Å². The Kier molecular flexibility index (Phi) is 9.16.